The fraction of sp³-hybridized carbons (Fsp3) is 0.462. The van der Waals surface area contributed by atoms with Gasteiger partial charge in [0.25, 0.3) is 5.91 Å². The molecule has 1 aromatic rings. The molecular formula is C13H18N4O2. The van der Waals surface area contributed by atoms with E-state index in [0.29, 0.717) is 24.6 Å². The van der Waals surface area contributed by atoms with Gasteiger partial charge < -0.3 is 15.1 Å². The lowest BCUT2D eigenvalue weighted by atomic mass is 10.3. The van der Waals surface area contributed by atoms with Crippen molar-refractivity contribution in [3.8, 4) is 0 Å². The number of aromatic nitrogens is 1. The summed E-state index contributed by atoms with van der Waals surface area (Å²) in [4.78, 5) is 31.6. The van der Waals surface area contributed by atoms with Gasteiger partial charge in [-0.15, -0.1) is 0 Å². The number of hydrogen-bond acceptors (Lipinski definition) is 4. The highest BCUT2D eigenvalue weighted by atomic mass is 16.2. The van der Waals surface area contributed by atoms with E-state index in [1.807, 2.05) is 0 Å². The molecule has 6 nitrogen and oxygen atoms in total. The predicted octanol–water partition coefficient (Wildman–Crippen LogP) is 0.428. The van der Waals surface area contributed by atoms with Gasteiger partial charge in [-0.25, -0.2) is 4.98 Å². The molecule has 19 heavy (non-hydrogen) atoms. The molecule has 0 radical (unpaired) electrons. The highest BCUT2D eigenvalue weighted by molar-refractivity contribution is 5.95. The molecule has 1 aliphatic rings. The summed E-state index contributed by atoms with van der Waals surface area (Å²) >= 11 is 0. The second-order valence-corrected chi connectivity index (χ2v) is 4.55. The van der Waals surface area contributed by atoms with E-state index in [2.05, 4.69) is 10.3 Å². The standard InChI is InChI=1S/C13H18N4O2/c1-14-11-6-3-5-10(15-11)13(19)17-8-4-7-16(2)12(18)9-17/h3,5-6H,4,7-9H2,1-2H3,(H,14,15). The van der Waals surface area contributed by atoms with Crippen molar-refractivity contribution in [2.45, 2.75) is 6.42 Å². The molecule has 6 heteroatoms. The van der Waals surface area contributed by atoms with Crippen molar-refractivity contribution < 1.29 is 9.59 Å². The van der Waals surface area contributed by atoms with E-state index in [1.54, 1.807) is 42.1 Å². The average molecular weight is 262 g/mol. The van der Waals surface area contributed by atoms with E-state index in [9.17, 15) is 9.59 Å². The van der Waals surface area contributed by atoms with Crippen molar-refractivity contribution in [2.24, 2.45) is 0 Å². The van der Waals surface area contributed by atoms with E-state index in [0.717, 1.165) is 6.42 Å². The number of nitrogens with one attached hydrogen (secondary N) is 1. The lowest BCUT2D eigenvalue weighted by Gasteiger charge is -2.19. The number of nitrogens with zero attached hydrogens (tertiary/aromatic N) is 3. The second kappa shape index (κ2) is 5.69. The lowest BCUT2D eigenvalue weighted by molar-refractivity contribution is -0.129. The number of carbonyl (C=O) groups is 2. The van der Waals surface area contributed by atoms with E-state index in [4.69, 9.17) is 0 Å². The smallest absolute Gasteiger partial charge is 0.273 e. The van der Waals surface area contributed by atoms with Crippen LogP contribution in [0.1, 0.15) is 16.9 Å². The van der Waals surface area contributed by atoms with Crippen molar-refractivity contribution in [1.29, 1.82) is 0 Å². The molecule has 0 unspecified atom stereocenters. The molecule has 1 fully saturated rings. The summed E-state index contributed by atoms with van der Waals surface area (Å²) in [6, 6.07) is 5.23. The molecule has 2 heterocycles. The molecule has 0 spiro atoms. The zero-order valence-corrected chi connectivity index (χ0v) is 11.2. The van der Waals surface area contributed by atoms with Crippen LogP contribution in [0.2, 0.25) is 0 Å². The maximum Gasteiger partial charge on any atom is 0.273 e. The Hall–Kier alpha value is -2.11. The summed E-state index contributed by atoms with van der Waals surface area (Å²) in [5.74, 6) is 0.417. The molecule has 0 aliphatic carbocycles. The molecule has 1 aromatic heterocycles. The van der Waals surface area contributed by atoms with E-state index >= 15 is 0 Å². The van der Waals surface area contributed by atoms with E-state index < -0.39 is 0 Å². The zero-order valence-electron chi connectivity index (χ0n) is 11.2. The quantitative estimate of drug-likeness (QED) is 0.839. The predicted molar refractivity (Wildman–Crippen MR) is 71.9 cm³/mol. The first kappa shape index (κ1) is 13.3. The highest BCUT2D eigenvalue weighted by Crippen LogP contribution is 2.10. The Morgan fingerprint density at radius 2 is 2.16 bits per heavy atom. The van der Waals surface area contributed by atoms with Crippen molar-refractivity contribution in [1.82, 2.24) is 14.8 Å². The topological polar surface area (TPSA) is 65.5 Å². The van der Waals surface area contributed by atoms with Crippen LogP contribution in [0.3, 0.4) is 0 Å². The minimum absolute atomic E-state index is 0.0318. The minimum Gasteiger partial charge on any atom is -0.373 e. The summed E-state index contributed by atoms with van der Waals surface area (Å²) < 4.78 is 0. The van der Waals surface area contributed by atoms with Crippen molar-refractivity contribution in [3.05, 3.63) is 23.9 Å². The van der Waals surface area contributed by atoms with Crippen LogP contribution in [0.4, 0.5) is 5.82 Å². The first-order chi connectivity index (χ1) is 9.11. The van der Waals surface area contributed by atoms with Crippen LogP contribution < -0.4 is 5.32 Å². The highest BCUT2D eigenvalue weighted by Gasteiger charge is 2.24. The van der Waals surface area contributed by atoms with Gasteiger partial charge in [0.05, 0.1) is 0 Å². The maximum absolute atomic E-state index is 12.3. The molecule has 2 amide bonds. The van der Waals surface area contributed by atoms with Gasteiger partial charge in [0, 0.05) is 27.2 Å². The summed E-state index contributed by atoms with van der Waals surface area (Å²) in [6.07, 6.45) is 0.791. The third kappa shape index (κ3) is 3.01. The van der Waals surface area contributed by atoms with Crippen LogP contribution in [0.25, 0.3) is 0 Å². The third-order valence-electron chi connectivity index (χ3n) is 3.18. The van der Waals surface area contributed by atoms with E-state index in [1.165, 1.54) is 0 Å². The molecular weight excluding hydrogens is 244 g/mol. The molecule has 0 bridgehead atoms. The fourth-order valence-corrected chi connectivity index (χ4v) is 2.01. The number of likely N-dealkylation sites (N-methyl/N-ethyl adjacent to an activating group) is 1. The monoisotopic (exact) mass is 262 g/mol. The number of rotatable bonds is 2. The third-order valence-corrected chi connectivity index (χ3v) is 3.18. The first-order valence-corrected chi connectivity index (χ1v) is 6.30. The SMILES string of the molecule is CNc1cccc(C(=O)N2CCCN(C)C(=O)C2)n1. The van der Waals surface area contributed by atoms with Crippen molar-refractivity contribution in [2.75, 3.05) is 39.0 Å². The largest absolute Gasteiger partial charge is 0.373 e. The number of carbonyl (C=O) groups excluding carboxylic acids is 2. The summed E-state index contributed by atoms with van der Waals surface area (Å²) in [5, 5.41) is 2.90. The van der Waals surface area contributed by atoms with Crippen LogP contribution >= 0.6 is 0 Å². The molecule has 1 N–H and O–H groups in total. The van der Waals surface area contributed by atoms with Gasteiger partial charge in [0.1, 0.15) is 18.1 Å². The molecule has 0 aromatic carbocycles. The van der Waals surface area contributed by atoms with E-state index in [-0.39, 0.29) is 18.4 Å². The summed E-state index contributed by atoms with van der Waals surface area (Å²) in [5.41, 5.74) is 0.365. The van der Waals surface area contributed by atoms with Crippen LogP contribution in [0.15, 0.2) is 18.2 Å². The van der Waals surface area contributed by atoms with Gasteiger partial charge in [0.2, 0.25) is 5.91 Å². The number of pyridine rings is 1. The Bertz CT molecular complexity index is 489. The average Bonchev–Trinajstić information content (AvgIpc) is 2.60. The Labute approximate surface area is 112 Å². The number of hydrogen-bond donors (Lipinski definition) is 1. The van der Waals surface area contributed by atoms with Gasteiger partial charge in [0.15, 0.2) is 0 Å². The van der Waals surface area contributed by atoms with Gasteiger partial charge in [-0.2, -0.15) is 0 Å². The summed E-state index contributed by atoms with van der Waals surface area (Å²) in [6.45, 7) is 1.40. The Kier molecular flexibility index (Phi) is 3.99. The first-order valence-electron chi connectivity index (χ1n) is 6.30. The summed E-state index contributed by atoms with van der Waals surface area (Å²) in [7, 11) is 3.51. The Balaban J connectivity index is 2.16. The van der Waals surface area contributed by atoms with Gasteiger partial charge in [-0.3, -0.25) is 9.59 Å². The van der Waals surface area contributed by atoms with Gasteiger partial charge in [-0.05, 0) is 18.6 Å². The maximum atomic E-state index is 12.3. The zero-order chi connectivity index (χ0) is 13.8. The van der Waals surface area contributed by atoms with Crippen LogP contribution in [0.5, 0.6) is 0 Å². The molecule has 0 saturated carbocycles. The lowest BCUT2D eigenvalue weighted by Crippen LogP contribution is -2.38. The van der Waals surface area contributed by atoms with Crippen molar-refractivity contribution in [3.63, 3.8) is 0 Å². The van der Waals surface area contributed by atoms with Crippen LogP contribution in [-0.4, -0.2) is 60.3 Å². The van der Waals surface area contributed by atoms with Crippen molar-refractivity contribution >= 4 is 17.6 Å². The number of amides is 2. The van der Waals surface area contributed by atoms with Gasteiger partial charge in [-0.1, -0.05) is 6.07 Å². The van der Waals surface area contributed by atoms with Crippen LogP contribution in [-0.2, 0) is 4.79 Å². The fourth-order valence-electron chi connectivity index (χ4n) is 2.01. The number of anilines is 1. The molecule has 102 valence electrons. The molecule has 1 saturated heterocycles. The van der Waals surface area contributed by atoms with Gasteiger partial charge >= 0.3 is 0 Å². The minimum atomic E-state index is -0.194. The molecule has 2 rings (SSSR count). The molecule has 0 atom stereocenters. The normalized spacial score (nSPS) is 16.2. The molecule has 1 aliphatic heterocycles. The van der Waals surface area contributed by atoms with Crippen LogP contribution in [0, 0.1) is 0 Å². The Morgan fingerprint density at radius 1 is 1.37 bits per heavy atom. The second-order valence-electron chi connectivity index (χ2n) is 4.55. The Morgan fingerprint density at radius 3 is 2.89 bits per heavy atom.